The van der Waals surface area contributed by atoms with E-state index in [4.69, 9.17) is 5.73 Å². The minimum Gasteiger partial charge on any atom is -0.399 e. The molecule has 0 spiro atoms. The second-order valence-electron chi connectivity index (χ2n) is 4.12. The van der Waals surface area contributed by atoms with Crippen molar-refractivity contribution in [3.63, 3.8) is 0 Å². The molecule has 8 heteroatoms. The third-order valence-electron chi connectivity index (χ3n) is 2.56. The molecule has 0 saturated carbocycles. The zero-order valence-corrected chi connectivity index (χ0v) is 12.0. The number of pyridine rings is 1. The number of nitrogens with two attached hydrogens (primary N) is 1. The molecule has 1 aromatic heterocycles. The Hall–Kier alpha value is -2.09. The lowest BCUT2D eigenvalue weighted by Crippen LogP contribution is -2.15. The fourth-order valence-corrected chi connectivity index (χ4v) is 1.90. The number of aromatic nitrogens is 1. The van der Waals surface area contributed by atoms with E-state index in [1.165, 1.54) is 24.4 Å². The first-order valence-electron chi connectivity index (χ1n) is 5.67. The van der Waals surface area contributed by atoms with E-state index in [1.807, 2.05) is 0 Å². The van der Waals surface area contributed by atoms with Crippen molar-refractivity contribution in [3.05, 3.63) is 52.3 Å². The highest BCUT2D eigenvalue weighted by atomic mass is 79.9. The van der Waals surface area contributed by atoms with E-state index in [1.54, 1.807) is 0 Å². The lowest BCUT2D eigenvalue weighted by atomic mass is 10.2. The van der Waals surface area contributed by atoms with Crippen molar-refractivity contribution in [1.82, 2.24) is 4.98 Å². The number of nitrogens with one attached hydrogen (secondary N) is 1. The average Bonchev–Trinajstić information content (AvgIpc) is 2.40. The van der Waals surface area contributed by atoms with Crippen molar-refractivity contribution < 1.29 is 18.0 Å². The molecule has 1 aromatic carbocycles. The summed E-state index contributed by atoms with van der Waals surface area (Å²) < 4.78 is 38.3. The molecule has 0 bridgehead atoms. The van der Waals surface area contributed by atoms with Gasteiger partial charge in [-0.05, 0) is 46.3 Å². The smallest absolute Gasteiger partial charge is 0.399 e. The zero-order valence-electron chi connectivity index (χ0n) is 10.4. The second-order valence-corrected chi connectivity index (χ2v) is 4.98. The van der Waals surface area contributed by atoms with E-state index >= 15 is 0 Å². The molecule has 21 heavy (non-hydrogen) atoms. The van der Waals surface area contributed by atoms with Crippen LogP contribution < -0.4 is 11.1 Å². The van der Waals surface area contributed by atoms with E-state index in [-0.39, 0.29) is 11.4 Å². The van der Waals surface area contributed by atoms with Crippen LogP contribution in [0, 0.1) is 0 Å². The standard InChI is InChI=1S/C13H9BrF3N3O/c14-9-2-1-7(13(15,16)17)5-10(9)20-12(21)11-6-8(18)3-4-19-11/h1-6H,(H2,18,19)(H,20,21). The van der Waals surface area contributed by atoms with Crippen molar-refractivity contribution in [1.29, 1.82) is 0 Å². The number of benzene rings is 1. The Morgan fingerprint density at radius 3 is 2.57 bits per heavy atom. The van der Waals surface area contributed by atoms with Crippen LogP contribution in [0.1, 0.15) is 16.1 Å². The van der Waals surface area contributed by atoms with Crippen LogP contribution in [0.15, 0.2) is 41.0 Å². The van der Waals surface area contributed by atoms with Crippen molar-refractivity contribution in [3.8, 4) is 0 Å². The maximum absolute atomic E-state index is 12.7. The Bertz CT molecular complexity index is 689. The van der Waals surface area contributed by atoms with Gasteiger partial charge < -0.3 is 11.1 Å². The summed E-state index contributed by atoms with van der Waals surface area (Å²) in [7, 11) is 0. The maximum Gasteiger partial charge on any atom is 0.416 e. The van der Waals surface area contributed by atoms with Crippen LogP contribution in [0.2, 0.25) is 0 Å². The molecule has 0 unspecified atom stereocenters. The van der Waals surface area contributed by atoms with Gasteiger partial charge in [-0.3, -0.25) is 9.78 Å². The Labute approximate surface area is 126 Å². The lowest BCUT2D eigenvalue weighted by Gasteiger charge is -2.11. The predicted molar refractivity (Wildman–Crippen MR) is 75.7 cm³/mol. The minimum atomic E-state index is -4.49. The quantitative estimate of drug-likeness (QED) is 0.858. The Kier molecular flexibility index (Phi) is 4.17. The minimum absolute atomic E-state index is 0.000880. The first-order chi connectivity index (χ1) is 9.77. The monoisotopic (exact) mass is 359 g/mol. The zero-order chi connectivity index (χ0) is 15.6. The summed E-state index contributed by atoms with van der Waals surface area (Å²) in [6, 6.07) is 5.80. The van der Waals surface area contributed by atoms with Gasteiger partial charge in [-0.25, -0.2) is 0 Å². The number of halogens is 4. The first kappa shape index (κ1) is 15.3. The first-order valence-corrected chi connectivity index (χ1v) is 6.46. The van der Waals surface area contributed by atoms with E-state index in [0.717, 1.165) is 12.1 Å². The topological polar surface area (TPSA) is 68.0 Å². The van der Waals surface area contributed by atoms with Gasteiger partial charge in [0.25, 0.3) is 5.91 Å². The van der Waals surface area contributed by atoms with E-state index in [0.29, 0.717) is 10.2 Å². The Balaban J connectivity index is 2.29. The molecule has 2 rings (SSSR count). The number of rotatable bonds is 2. The van der Waals surface area contributed by atoms with Crippen LogP contribution in [0.25, 0.3) is 0 Å². The molecule has 1 heterocycles. The van der Waals surface area contributed by atoms with Gasteiger partial charge in [-0.15, -0.1) is 0 Å². The highest BCUT2D eigenvalue weighted by Gasteiger charge is 2.31. The van der Waals surface area contributed by atoms with Crippen LogP contribution in [0.5, 0.6) is 0 Å². The number of nitrogens with zero attached hydrogens (tertiary/aromatic N) is 1. The molecule has 0 fully saturated rings. The number of anilines is 2. The number of carbonyl (C=O) groups is 1. The fourth-order valence-electron chi connectivity index (χ4n) is 1.55. The molecule has 110 valence electrons. The number of hydrogen-bond acceptors (Lipinski definition) is 3. The number of hydrogen-bond donors (Lipinski definition) is 2. The van der Waals surface area contributed by atoms with Gasteiger partial charge in [-0.2, -0.15) is 13.2 Å². The largest absolute Gasteiger partial charge is 0.416 e. The van der Waals surface area contributed by atoms with Gasteiger partial charge in [0.15, 0.2) is 0 Å². The summed E-state index contributed by atoms with van der Waals surface area (Å²) in [6.07, 6.45) is -3.15. The summed E-state index contributed by atoms with van der Waals surface area (Å²) in [5.74, 6) is -0.651. The molecule has 0 saturated heterocycles. The predicted octanol–water partition coefficient (Wildman–Crippen LogP) is 3.70. The average molecular weight is 360 g/mol. The third-order valence-corrected chi connectivity index (χ3v) is 3.25. The molecule has 3 N–H and O–H groups in total. The highest BCUT2D eigenvalue weighted by Crippen LogP contribution is 2.34. The molecule has 0 aliphatic rings. The number of alkyl halides is 3. The second kappa shape index (κ2) is 5.72. The normalized spacial score (nSPS) is 11.2. The summed E-state index contributed by atoms with van der Waals surface area (Å²) in [5, 5.41) is 2.36. The third kappa shape index (κ3) is 3.72. The van der Waals surface area contributed by atoms with E-state index in [9.17, 15) is 18.0 Å². The molecule has 0 radical (unpaired) electrons. The van der Waals surface area contributed by atoms with Crippen molar-refractivity contribution in [2.75, 3.05) is 11.1 Å². The van der Waals surface area contributed by atoms with E-state index < -0.39 is 17.6 Å². The summed E-state index contributed by atoms with van der Waals surface area (Å²) in [6.45, 7) is 0. The molecular weight excluding hydrogens is 351 g/mol. The maximum atomic E-state index is 12.7. The summed E-state index contributed by atoms with van der Waals surface area (Å²) in [4.78, 5) is 15.8. The van der Waals surface area contributed by atoms with Crippen LogP contribution in [0.3, 0.4) is 0 Å². The van der Waals surface area contributed by atoms with Gasteiger partial charge in [0.2, 0.25) is 0 Å². The van der Waals surface area contributed by atoms with Crippen LogP contribution in [-0.4, -0.2) is 10.9 Å². The van der Waals surface area contributed by atoms with Gasteiger partial charge in [0.1, 0.15) is 5.69 Å². The molecule has 2 aromatic rings. The molecular formula is C13H9BrF3N3O. The summed E-state index contributed by atoms with van der Waals surface area (Å²) in [5.41, 5.74) is 5.01. The van der Waals surface area contributed by atoms with Crippen molar-refractivity contribution in [2.45, 2.75) is 6.18 Å². The number of amides is 1. The highest BCUT2D eigenvalue weighted by molar-refractivity contribution is 9.10. The SMILES string of the molecule is Nc1ccnc(C(=O)Nc2cc(C(F)(F)F)ccc2Br)c1. The van der Waals surface area contributed by atoms with Crippen LogP contribution in [0.4, 0.5) is 24.5 Å². The van der Waals surface area contributed by atoms with Gasteiger partial charge >= 0.3 is 6.18 Å². The molecule has 0 aliphatic heterocycles. The van der Waals surface area contributed by atoms with Gasteiger partial charge in [0.05, 0.1) is 11.3 Å². The molecule has 0 atom stereocenters. The van der Waals surface area contributed by atoms with Gasteiger partial charge in [0, 0.05) is 16.4 Å². The van der Waals surface area contributed by atoms with Gasteiger partial charge in [-0.1, -0.05) is 0 Å². The molecule has 1 amide bonds. The molecule has 4 nitrogen and oxygen atoms in total. The fraction of sp³-hybridized carbons (Fsp3) is 0.0769. The molecule has 0 aliphatic carbocycles. The Morgan fingerprint density at radius 1 is 1.24 bits per heavy atom. The van der Waals surface area contributed by atoms with E-state index in [2.05, 4.69) is 26.2 Å². The van der Waals surface area contributed by atoms with Crippen LogP contribution >= 0.6 is 15.9 Å². The van der Waals surface area contributed by atoms with Crippen molar-refractivity contribution in [2.24, 2.45) is 0 Å². The number of carbonyl (C=O) groups excluding carboxylic acids is 1. The lowest BCUT2D eigenvalue weighted by molar-refractivity contribution is -0.137. The van der Waals surface area contributed by atoms with Crippen LogP contribution in [-0.2, 0) is 6.18 Å². The Morgan fingerprint density at radius 2 is 1.95 bits per heavy atom. The number of nitrogen functional groups attached to an aromatic ring is 1. The van der Waals surface area contributed by atoms with Crippen molar-refractivity contribution >= 4 is 33.2 Å². The summed E-state index contributed by atoms with van der Waals surface area (Å²) >= 11 is 3.09.